The molecule has 0 amide bonds. The van der Waals surface area contributed by atoms with Crippen molar-refractivity contribution in [1.29, 1.82) is 0 Å². The molecule has 250 valence electrons. The van der Waals surface area contributed by atoms with Crippen LogP contribution in [0.25, 0.3) is 76.5 Å². The van der Waals surface area contributed by atoms with Crippen LogP contribution < -0.4 is 4.90 Å². The van der Waals surface area contributed by atoms with Crippen LogP contribution in [-0.2, 0) is 0 Å². The van der Waals surface area contributed by atoms with Crippen LogP contribution in [0.1, 0.15) is 12.8 Å². The van der Waals surface area contributed by atoms with Crippen molar-refractivity contribution in [1.82, 2.24) is 0 Å². The van der Waals surface area contributed by atoms with E-state index in [2.05, 4.69) is 205 Å². The lowest BCUT2D eigenvalue weighted by Gasteiger charge is -2.29. The monoisotopic (exact) mass is 675 g/mol. The zero-order valence-electron chi connectivity index (χ0n) is 29.4. The Labute approximate surface area is 310 Å². The Kier molecular flexibility index (Phi) is 7.69. The maximum absolute atomic E-state index is 2.43. The van der Waals surface area contributed by atoms with Gasteiger partial charge in [0.05, 0.1) is 0 Å². The topological polar surface area (TPSA) is 3.24 Å². The average Bonchev–Trinajstić information content (AvgIpc) is 3.24. The van der Waals surface area contributed by atoms with Crippen molar-refractivity contribution in [2.24, 2.45) is 0 Å². The Bertz CT molecular complexity index is 2860. The van der Waals surface area contributed by atoms with E-state index in [0.29, 0.717) is 0 Å². The van der Waals surface area contributed by atoms with Crippen LogP contribution in [0.5, 0.6) is 0 Å². The molecule has 1 aliphatic carbocycles. The maximum Gasteiger partial charge on any atom is 0.0458 e. The number of anilines is 2. The first-order valence-electron chi connectivity index (χ1n) is 18.6. The SMILES string of the molecule is C1=CCCC(N(c2ccc(-c3ccc4ccc5ccccc5c4c3)cc2)c2ccc(-c3c(-c4ccccc4)c4ccccc4c4ccccc34)cc2)=C1. The van der Waals surface area contributed by atoms with Gasteiger partial charge in [0, 0.05) is 17.1 Å². The number of allylic oxidation sites excluding steroid dienone is 4. The molecule has 0 bridgehead atoms. The van der Waals surface area contributed by atoms with Crippen molar-refractivity contribution < 1.29 is 0 Å². The van der Waals surface area contributed by atoms with Gasteiger partial charge in [-0.2, -0.15) is 0 Å². The highest BCUT2D eigenvalue weighted by atomic mass is 15.1. The van der Waals surface area contributed by atoms with Crippen molar-refractivity contribution in [3.05, 3.63) is 206 Å². The molecular weight excluding hydrogens is 639 g/mol. The van der Waals surface area contributed by atoms with Gasteiger partial charge in [-0.3, -0.25) is 0 Å². The van der Waals surface area contributed by atoms with E-state index in [1.165, 1.54) is 82.2 Å². The summed E-state index contributed by atoms with van der Waals surface area (Å²) in [5, 5.41) is 10.2. The Balaban J connectivity index is 1.07. The van der Waals surface area contributed by atoms with Crippen molar-refractivity contribution >= 4 is 54.5 Å². The van der Waals surface area contributed by atoms with Gasteiger partial charge in [0.2, 0.25) is 0 Å². The van der Waals surface area contributed by atoms with E-state index in [4.69, 9.17) is 0 Å². The Morgan fingerprint density at radius 1 is 0.358 bits per heavy atom. The molecule has 0 radical (unpaired) electrons. The summed E-state index contributed by atoms with van der Waals surface area (Å²) in [5.41, 5.74) is 11.1. The summed E-state index contributed by atoms with van der Waals surface area (Å²) < 4.78 is 0. The lowest BCUT2D eigenvalue weighted by atomic mass is 9.85. The lowest BCUT2D eigenvalue weighted by Crippen LogP contribution is -2.17. The average molecular weight is 676 g/mol. The van der Waals surface area contributed by atoms with Gasteiger partial charge in [0.15, 0.2) is 0 Å². The quantitative estimate of drug-likeness (QED) is 0.159. The zero-order valence-corrected chi connectivity index (χ0v) is 29.4. The minimum absolute atomic E-state index is 0.991. The standard InChI is InChI=1S/C52H37N/c1-3-14-39(15-4-1)51-48-21-11-9-19-46(48)47-20-10-12-22-49(47)52(51)40-29-33-44(34-30-40)53(42-16-5-2-6-17-42)43-31-27-36(28-32-43)41-26-25-38-24-23-37-13-7-8-18-45(37)50(38)35-41/h1-5,7-16,18-35H,6,17H2. The molecule has 0 unspecified atom stereocenters. The van der Waals surface area contributed by atoms with Gasteiger partial charge in [-0.05, 0) is 126 Å². The van der Waals surface area contributed by atoms with E-state index in [-0.39, 0.29) is 0 Å². The first kappa shape index (κ1) is 31.1. The van der Waals surface area contributed by atoms with Gasteiger partial charge >= 0.3 is 0 Å². The molecule has 0 saturated carbocycles. The summed E-state index contributed by atoms with van der Waals surface area (Å²) in [5.74, 6) is 0. The molecular formula is C52H37N. The smallest absolute Gasteiger partial charge is 0.0458 e. The highest BCUT2D eigenvalue weighted by Gasteiger charge is 2.20. The van der Waals surface area contributed by atoms with Gasteiger partial charge in [0.25, 0.3) is 0 Å². The highest BCUT2D eigenvalue weighted by molar-refractivity contribution is 6.21. The molecule has 0 aromatic heterocycles. The second-order valence-corrected chi connectivity index (χ2v) is 14.0. The van der Waals surface area contributed by atoms with Crippen LogP contribution in [0.2, 0.25) is 0 Å². The van der Waals surface area contributed by atoms with E-state index >= 15 is 0 Å². The number of fused-ring (bicyclic) bond motifs is 6. The molecule has 1 heteroatoms. The number of benzene rings is 9. The number of nitrogens with zero attached hydrogens (tertiary/aromatic N) is 1. The zero-order chi connectivity index (χ0) is 35.1. The normalized spacial score (nSPS) is 12.8. The third-order valence-electron chi connectivity index (χ3n) is 10.9. The first-order chi connectivity index (χ1) is 26.3. The van der Waals surface area contributed by atoms with Crippen LogP contribution in [0.4, 0.5) is 11.4 Å². The molecule has 1 aliphatic rings. The molecule has 53 heavy (non-hydrogen) atoms. The van der Waals surface area contributed by atoms with Gasteiger partial charge in [-0.15, -0.1) is 0 Å². The largest absolute Gasteiger partial charge is 0.314 e. The molecule has 0 heterocycles. The summed E-state index contributed by atoms with van der Waals surface area (Å²) in [6, 6.07) is 66.9. The fourth-order valence-electron chi connectivity index (χ4n) is 8.36. The summed E-state index contributed by atoms with van der Waals surface area (Å²) in [7, 11) is 0. The predicted octanol–water partition coefficient (Wildman–Crippen LogP) is 14.7. The van der Waals surface area contributed by atoms with Crippen LogP contribution in [0.15, 0.2) is 206 Å². The fourth-order valence-corrected chi connectivity index (χ4v) is 8.36. The van der Waals surface area contributed by atoms with Crippen LogP contribution in [0, 0.1) is 0 Å². The van der Waals surface area contributed by atoms with E-state index in [1.54, 1.807) is 0 Å². The van der Waals surface area contributed by atoms with E-state index < -0.39 is 0 Å². The van der Waals surface area contributed by atoms with Crippen molar-refractivity contribution in [3.8, 4) is 33.4 Å². The molecule has 9 aromatic rings. The van der Waals surface area contributed by atoms with E-state index in [1.807, 2.05) is 0 Å². The van der Waals surface area contributed by atoms with Crippen molar-refractivity contribution in [2.45, 2.75) is 12.8 Å². The first-order valence-corrected chi connectivity index (χ1v) is 18.6. The second kappa shape index (κ2) is 13.1. The van der Waals surface area contributed by atoms with Gasteiger partial charge in [-0.25, -0.2) is 0 Å². The third kappa shape index (κ3) is 5.50. The van der Waals surface area contributed by atoms with Crippen LogP contribution in [0.3, 0.4) is 0 Å². The molecule has 0 saturated heterocycles. The van der Waals surface area contributed by atoms with Gasteiger partial charge < -0.3 is 4.90 Å². The number of hydrogen-bond acceptors (Lipinski definition) is 1. The van der Waals surface area contributed by atoms with Crippen molar-refractivity contribution in [3.63, 3.8) is 0 Å². The predicted molar refractivity (Wildman–Crippen MR) is 228 cm³/mol. The number of rotatable bonds is 6. The molecule has 0 spiro atoms. The highest BCUT2D eigenvalue weighted by Crippen LogP contribution is 2.45. The number of hydrogen-bond donors (Lipinski definition) is 0. The minimum Gasteiger partial charge on any atom is -0.314 e. The third-order valence-corrected chi connectivity index (χ3v) is 10.9. The lowest BCUT2D eigenvalue weighted by molar-refractivity contribution is 0.918. The molecule has 0 aliphatic heterocycles. The Hall–Kier alpha value is -6.70. The van der Waals surface area contributed by atoms with Crippen molar-refractivity contribution in [2.75, 3.05) is 4.90 Å². The molecule has 9 aromatic carbocycles. The molecule has 1 nitrogen and oxygen atoms in total. The van der Waals surface area contributed by atoms with Crippen LogP contribution in [-0.4, -0.2) is 0 Å². The Morgan fingerprint density at radius 3 is 1.47 bits per heavy atom. The second-order valence-electron chi connectivity index (χ2n) is 14.0. The molecule has 10 rings (SSSR count). The molecule has 0 N–H and O–H groups in total. The van der Waals surface area contributed by atoms with E-state index in [0.717, 1.165) is 24.2 Å². The summed E-state index contributed by atoms with van der Waals surface area (Å²) in [6.07, 6.45) is 8.75. The van der Waals surface area contributed by atoms with Crippen LogP contribution >= 0.6 is 0 Å². The maximum atomic E-state index is 2.43. The van der Waals surface area contributed by atoms with Gasteiger partial charge in [0.1, 0.15) is 0 Å². The molecule has 0 atom stereocenters. The minimum atomic E-state index is 0.991. The van der Waals surface area contributed by atoms with E-state index in [9.17, 15) is 0 Å². The van der Waals surface area contributed by atoms with Gasteiger partial charge in [-0.1, -0.05) is 164 Å². The summed E-state index contributed by atoms with van der Waals surface area (Å²) >= 11 is 0. The Morgan fingerprint density at radius 2 is 0.849 bits per heavy atom. The summed E-state index contributed by atoms with van der Waals surface area (Å²) in [4.78, 5) is 2.43. The molecule has 0 fully saturated rings. The fraction of sp³-hybridized carbons (Fsp3) is 0.0385. The summed E-state index contributed by atoms with van der Waals surface area (Å²) in [6.45, 7) is 0.